The van der Waals surface area contributed by atoms with Gasteiger partial charge in [-0.25, -0.2) is 8.42 Å². The van der Waals surface area contributed by atoms with Crippen molar-refractivity contribution < 1.29 is 18.1 Å². The first-order valence-corrected chi connectivity index (χ1v) is 12.9. The van der Waals surface area contributed by atoms with Gasteiger partial charge in [-0.2, -0.15) is 0 Å². The maximum Gasteiger partial charge on any atom is 0.269 e. The van der Waals surface area contributed by atoms with Crippen molar-refractivity contribution in [3.05, 3.63) is 94.0 Å². The third-order valence-electron chi connectivity index (χ3n) is 6.30. The summed E-state index contributed by atoms with van der Waals surface area (Å²) in [5.74, 6) is 0.592. The summed E-state index contributed by atoms with van der Waals surface area (Å²) < 4.78 is 34.5. The molecule has 9 heteroatoms. The number of rotatable bonds is 8. The standard InChI is InChI=1S/C26H29N3O5S/c1-20-9-11-26(12-10-20)35(32,33)28(23-6-4-8-25(18-23)34-2)22-13-15-27(16-14-22)19-21-5-3-7-24(17-21)29(30)31/h3-12,17-18,22H,13-16,19H2,1-2H3. The predicted molar refractivity (Wildman–Crippen MR) is 135 cm³/mol. The Labute approximate surface area is 206 Å². The number of nitrogens with zero attached hydrogens (tertiary/aromatic N) is 3. The summed E-state index contributed by atoms with van der Waals surface area (Å²) in [5.41, 5.74) is 2.51. The number of non-ortho nitro benzene ring substituents is 1. The number of nitro benzene ring substituents is 1. The van der Waals surface area contributed by atoms with E-state index < -0.39 is 14.9 Å². The van der Waals surface area contributed by atoms with Crippen LogP contribution >= 0.6 is 0 Å². The molecule has 0 unspecified atom stereocenters. The number of hydrogen-bond acceptors (Lipinski definition) is 6. The van der Waals surface area contributed by atoms with Gasteiger partial charge in [0.1, 0.15) is 5.75 Å². The van der Waals surface area contributed by atoms with Gasteiger partial charge in [0.2, 0.25) is 0 Å². The molecule has 184 valence electrons. The quantitative estimate of drug-likeness (QED) is 0.330. The lowest BCUT2D eigenvalue weighted by atomic mass is 10.0. The first-order chi connectivity index (χ1) is 16.8. The molecule has 4 rings (SSSR count). The Hall–Kier alpha value is -3.43. The van der Waals surface area contributed by atoms with Crippen molar-refractivity contribution in [3.8, 4) is 5.75 Å². The number of nitro groups is 1. The molecule has 0 saturated carbocycles. The van der Waals surface area contributed by atoms with Crippen LogP contribution in [0.25, 0.3) is 0 Å². The Morgan fingerprint density at radius 2 is 1.71 bits per heavy atom. The zero-order valence-electron chi connectivity index (χ0n) is 19.8. The minimum absolute atomic E-state index is 0.0748. The molecule has 1 heterocycles. The second kappa shape index (κ2) is 10.5. The zero-order valence-corrected chi connectivity index (χ0v) is 20.6. The van der Waals surface area contributed by atoms with E-state index in [1.165, 1.54) is 10.4 Å². The van der Waals surface area contributed by atoms with Crippen molar-refractivity contribution >= 4 is 21.4 Å². The van der Waals surface area contributed by atoms with Gasteiger partial charge in [0, 0.05) is 43.9 Å². The fraction of sp³-hybridized carbons (Fsp3) is 0.308. The van der Waals surface area contributed by atoms with Crippen LogP contribution in [0, 0.1) is 17.0 Å². The Balaban J connectivity index is 1.57. The summed E-state index contributed by atoms with van der Waals surface area (Å²) in [4.78, 5) is 13.2. The van der Waals surface area contributed by atoms with Crippen LogP contribution in [-0.2, 0) is 16.6 Å². The topological polar surface area (TPSA) is 93.0 Å². The Bertz CT molecular complexity index is 1290. The first-order valence-electron chi connectivity index (χ1n) is 11.5. The number of anilines is 1. The average molecular weight is 496 g/mol. The van der Waals surface area contributed by atoms with Crippen LogP contribution in [0.4, 0.5) is 11.4 Å². The van der Waals surface area contributed by atoms with Crippen molar-refractivity contribution in [1.29, 1.82) is 0 Å². The molecule has 3 aromatic rings. The molecule has 0 aromatic heterocycles. The summed E-state index contributed by atoms with van der Waals surface area (Å²) >= 11 is 0. The first kappa shape index (κ1) is 24.7. The summed E-state index contributed by atoms with van der Waals surface area (Å²) in [5, 5.41) is 11.1. The third-order valence-corrected chi connectivity index (χ3v) is 8.20. The van der Waals surface area contributed by atoms with Crippen LogP contribution in [-0.4, -0.2) is 44.5 Å². The highest BCUT2D eigenvalue weighted by Gasteiger charge is 2.34. The van der Waals surface area contributed by atoms with Gasteiger partial charge < -0.3 is 4.74 Å². The molecular weight excluding hydrogens is 466 g/mol. The van der Waals surface area contributed by atoms with Crippen LogP contribution in [0.5, 0.6) is 5.75 Å². The van der Waals surface area contributed by atoms with Gasteiger partial charge in [0.05, 0.1) is 22.6 Å². The van der Waals surface area contributed by atoms with E-state index in [0.717, 1.165) is 11.1 Å². The number of methoxy groups -OCH3 is 1. The van der Waals surface area contributed by atoms with E-state index in [-0.39, 0.29) is 16.6 Å². The number of likely N-dealkylation sites (tertiary alicyclic amines) is 1. The lowest BCUT2D eigenvalue weighted by Gasteiger charge is -2.39. The summed E-state index contributed by atoms with van der Waals surface area (Å²) in [6.07, 6.45) is 1.27. The monoisotopic (exact) mass is 495 g/mol. The summed E-state index contributed by atoms with van der Waals surface area (Å²) in [7, 11) is -2.24. The fourth-order valence-corrected chi connectivity index (χ4v) is 6.16. The van der Waals surface area contributed by atoms with Gasteiger partial charge in [-0.05, 0) is 49.6 Å². The SMILES string of the molecule is COc1cccc(N(C2CCN(Cc3cccc([N+](=O)[O-])c3)CC2)S(=O)(=O)c2ccc(C)cc2)c1. The molecule has 8 nitrogen and oxygen atoms in total. The summed E-state index contributed by atoms with van der Waals surface area (Å²) in [6.45, 7) is 3.86. The van der Waals surface area contributed by atoms with E-state index in [1.807, 2.05) is 13.0 Å². The molecule has 0 aliphatic carbocycles. The van der Waals surface area contributed by atoms with Gasteiger partial charge >= 0.3 is 0 Å². The molecule has 1 saturated heterocycles. The van der Waals surface area contributed by atoms with Crippen molar-refractivity contribution in [2.45, 2.75) is 37.2 Å². The van der Waals surface area contributed by atoms with Crippen LogP contribution in [0.2, 0.25) is 0 Å². The molecule has 0 bridgehead atoms. The van der Waals surface area contributed by atoms with Crippen LogP contribution in [0.3, 0.4) is 0 Å². The Kier molecular flexibility index (Phi) is 7.37. The smallest absolute Gasteiger partial charge is 0.269 e. The highest BCUT2D eigenvalue weighted by atomic mass is 32.2. The van der Waals surface area contributed by atoms with Gasteiger partial charge in [-0.3, -0.25) is 19.3 Å². The number of benzene rings is 3. The Morgan fingerprint density at radius 1 is 1.03 bits per heavy atom. The molecule has 0 radical (unpaired) electrons. The highest BCUT2D eigenvalue weighted by Crippen LogP contribution is 2.33. The second-order valence-electron chi connectivity index (χ2n) is 8.75. The van der Waals surface area contributed by atoms with E-state index in [0.29, 0.717) is 43.9 Å². The molecule has 0 atom stereocenters. The summed E-state index contributed by atoms with van der Waals surface area (Å²) in [6, 6.07) is 20.5. The van der Waals surface area contributed by atoms with Crippen molar-refractivity contribution in [3.63, 3.8) is 0 Å². The number of hydrogen-bond donors (Lipinski definition) is 0. The Morgan fingerprint density at radius 3 is 2.37 bits per heavy atom. The maximum atomic E-state index is 13.8. The van der Waals surface area contributed by atoms with Gasteiger partial charge in [-0.1, -0.05) is 35.9 Å². The largest absolute Gasteiger partial charge is 0.497 e. The van der Waals surface area contributed by atoms with Crippen LogP contribution < -0.4 is 9.04 Å². The molecule has 0 spiro atoms. The molecule has 0 N–H and O–H groups in total. The normalized spacial score (nSPS) is 15.0. The van der Waals surface area contributed by atoms with Crippen LogP contribution in [0.15, 0.2) is 77.7 Å². The minimum atomic E-state index is -3.80. The number of piperidine rings is 1. The van der Waals surface area contributed by atoms with E-state index in [4.69, 9.17) is 4.74 Å². The lowest BCUT2D eigenvalue weighted by molar-refractivity contribution is -0.384. The molecule has 35 heavy (non-hydrogen) atoms. The van der Waals surface area contributed by atoms with Crippen molar-refractivity contribution in [1.82, 2.24) is 4.90 Å². The predicted octanol–water partition coefficient (Wildman–Crippen LogP) is 4.77. The average Bonchev–Trinajstić information content (AvgIpc) is 2.86. The molecule has 0 amide bonds. The van der Waals surface area contributed by atoms with Gasteiger partial charge in [-0.15, -0.1) is 0 Å². The van der Waals surface area contributed by atoms with Gasteiger partial charge in [0.25, 0.3) is 15.7 Å². The van der Waals surface area contributed by atoms with Crippen molar-refractivity contribution in [2.24, 2.45) is 0 Å². The maximum absolute atomic E-state index is 13.8. The minimum Gasteiger partial charge on any atom is -0.497 e. The molecular formula is C26H29N3O5S. The number of sulfonamides is 1. The van der Waals surface area contributed by atoms with E-state index >= 15 is 0 Å². The number of ether oxygens (including phenoxy) is 1. The van der Waals surface area contributed by atoms with Crippen molar-refractivity contribution in [2.75, 3.05) is 24.5 Å². The van der Waals surface area contributed by atoms with E-state index in [2.05, 4.69) is 4.90 Å². The fourth-order valence-electron chi connectivity index (χ4n) is 4.46. The lowest BCUT2D eigenvalue weighted by Crippen LogP contribution is -2.47. The third kappa shape index (κ3) is 5.63. The molecule has 3 aromatic carbocycles. The molecule has 1 aliphatic heterocycles. The molecule has 1 fully saturated rings. The molecule has 1 aliphatic rings. The highest BCUT2D eigenvalue weighted by molar-refractivity contribution is 7.92. The van der Waals surface area contributed by atoms with E-state index in [1.54, 1.807) is 67.8 Å². The van der Waals surface area contributed by atoms with Crippen LogP contribution in [0.1, 0.15) is 24.0 Å². The van der Waals surface area contributed by atoms with E-state index in [9.17, 15) is 18.5 Å². The second-order valence-corrected chi connectivity index (χ2v) is 10.6. The number of aryl methyl sites for hydroxylation is 1. The zero-order chi connectivity index (χ0) is 25.0. The van der Waals surface area contributed by atoms with Gasteiger partial charge in [0.15, 0.2) is 0 Å².